The summed E-state index contributed by atoms with van der Waals surface area (Å²) in [6.07, 6.45) is 1.21. The highest BCUT2D eigenvalue weighted by Gasteiger charge is 2.30. The molecule has 0 radical (unpaired) electrons. The van der Waals surface area contributed by atoms with Crippen molar-refractivity contribution in [2.75, 3.05) is 10.9 Å². The zero-order chi connectivity index (χ0) is 23.1. The molecule has 0 aliphatic heterocycles. The Hall–Kier alpha value is -2.83. The van der Waals surface area contributed by atoms with E-state index in [1.807, 2.05) is 26.0 Å². The van der Waals surface area contributed by atoms with Crippen LogP contribution < -0.4 is 9.04 Å². The van der Waals surface area contributed by atoms with Crippen molar-refractivity contribution < 1.29 is 17.9 Å². The van der Waals surface area contributed by atoms with Crippen molar-refractivity contribution in [3.63, 3.8) is 0 Å². The van der Waals surface area contributed by atoms with Crippen LogP contribution in [0, 0.1) is 6.92 Å². The second kappa shape index (κ2) is 10.7. The van der Waals surface area contributed by atoms with E-state index in [-0.39, 0.29) is 17.9 Å². The Bertz CT molecular complexity index is 1140. The normalized spacial score (nSPS) is 11.2. The number of rotatable bonds is 9. The third kappa shape index (κ3) is 5.90. The fourth-order valence-corrected chi connectivity index (χ4v) is 4.72. The lowest BCUT2D eigenvalue weighted by atomic mass is 10.1. The highest BCUT2D eigenvalue weighted by Crippen LogP contribution is 2.26. The second-order valence-electron chi connectivity index (χ2n) is 7.40. The van der Waals surface area contributed by atoms with E-state index in [4.69, 9.17) is 16.3 Å². The smallest absolute Gasteiger partial charge is 0.270 e. The van der Waals surface area contributed by atoms with Gasteiger partial charge in [0.2, 0.25) is 5.91 Å². The number of halogens is 1. The van der Waals surface area contributed by atoms with Gasteiger partial charge < -0.3 is 4.74 Å². The van der Waals surface area contributed by atoms with E-state index in [0.717, 1.165) is 21.9 Å². The van der Waals surface area contributed by atoms with Crippen LogP contribution in [0.2, 0.25) is 5.02 Å². The van der Waals surface area contributed by atoms with Gasteiger partial charge in [-0.05, 0) is 73.9 Å². The van der Waals surface area contributed by atoms with Gasteiger partial charge in [0, 0.05) is 11.4 Å². The molecular formula is C25H26ClNO4S. The minimum atomic E-state index is -4.06. The summed E-state index contributed by atoms with van der Waals surface area (Å²) < 4.78 is 33.3. The largest absolute Gasteiger partial charge is 0.494 e. The maximum absolute atomic E-state index is 13.4. The Morgan fingerprint density at radius 3 is 2.16 bits per heavy atom. The Balaban J connectivity index is 1.78. The van der Waals surface area contributed by atoms with Crippen LogP contribution in [0.5, 0.6) is 5.75 Å². The van der Waals surface area contributed by atoms with Crippen molar-refractivity contribution in [1.82, 2.24) is 0 Å². The lowest BCUT2D eigenvalue weighted by Gasteiger charge is -2.23. The summed E-state index contributed by atoms with van der Waals surface area (Å²) in [7, 11) is -4.06. The van der Waals surface area contributed by atoms with Gasteiger partial charge in [-0.1, -0.05) is 48.4 Å². The number of amides is 1. The predicted molar refractivity (Wildman–Crippen MR) is 128 cm³/mol. The van der Waals surface area contributed by atoms with E-state index in [2.05, 4.69) is 0 Å². The van der Waals surface area contributed by atoms with E-state index < -0.39 is 15.9 Å². The number of carbonyl (C=O) groups excluding carboxylic acids is 1. The van der Waals surface area contributed by atoms with Crippen LogP contribution >= 0.6 is 11.6 Å². The number of anilines is 1. The van der Waals surface area contributed by atoms with Crippen LogP contribution in [0.25, 0.3) is 0 Å². The lowest BCUT2D eigenvalue weighted by Crippen LogP contribution is -2.37. The van der Waals surface area contributed by atoms with Gasteiger partial charge in [-0.3, -0.25) is 4.79 Å². The molecule has 0 fully saturated rings. The van der Waals surface area contributed by atoms with Crippen LogP contribution in [-0.2, 0) is 21.2 Å². The Morgan fingerprint density at radius 1 is 0.938 bits per heavy atom. The predicted octanol–water partition coefficient (Wildman–Crippen LogP) is 5.79. The summed E-state index contributed by atoms with van der Waals surface area (Å²) >= 11 is 5.87. The van der Waals surface area contributed by atoms with Gasteiger partial charge in [-0.15, -0.1) is 0 Å². The summed E-state index contributed by atoms with van der Waals surface area (Å²) in [6.45, 7) is 4.17. The van der Waals surface area contributed by atoms with Crippen LogP contribution in [0.3, 0.4) is 0 Å². The Morgan fingerprint density at radius 2 is 1.56 bits per heavy atom. The first kappa shape index (κ1) is 23.8. The summed E-state index contributed by atoms with van der Waals surface area (Å²) in [5.41, 5.74) is 2.32. The average Bonchev–Trinajstić information content (AvgIpc) is 2.78. The molecule has 7 heteroatoms. The number of nitrogens with zero attached hydrogens (tertiary/aromatic N) is 1. The van der Waals surface area contributed by atoms with Crippen LogP contribution in [0.4, 0.5) is 5.69 Å². The number of benzene rings is 3. The van der Waals surface area contributed by atoms with E-state index >= 15 is 0 Å². The highest BCUT2D eigenvalue weighted by molar-refractivity contribution is 7.93. The molecule has 168 valence electrons. The molecule has 0 aromatic heterocycles. The second-order valence-corrected chi connectivity index (χ2v) is 9.63. The fraction of sp³-hybridized carbons (Fsp3) is 0.240. The molecule has 0 spiro atoms. The van der Waals surface area contributed by atoms with Gasteiger partial charge in [0.1, 0.15) is 5.75 Å². The minimum Gasteiger partial charge on any atom is -0.494 e. The average molecular weight is 472 g/mol. The Labute approximate surface area is 194 Å². The number of ether oxygens (including phenoxy) is 1. The summed E-state index contributed by atoms with van der Waals surface area (Å²) in [4.78, 5) is 13.2. The van der Waals surface area contributed by atoms with Crippen molar-refractivity contribution in [2.45, 2.75) is 38.0 Å². The number of hydrogen-bond donors (Lipinski definition) is 0. The molecule has 1 amide bonds. The zero-order valence-corrected chi connectivity index (χ0v) is 19.7. The zero-order valence-electron chi connectivity index (χ0n) is 18.1. The third-order valence-electron chi connectivity index (χ3n) is 4.98. The molecule has 0 aliphatic carbocycles. The molecule has 0 aliphatic rings. The van der Waals surface area contributed by atoms with Crippen LogP contribution in [0.1, 0.15) is 30.9 Å². The lowest BCUT2D eigenvalue weighted by molar-refractivity contribution is -0.117. The number of sulfonamides is 1. The third-order valence-corrected chi connectivity index (χ3v) is 7.00. The molecule has 0 N–H and O–H groups in total. The molecular weight excluding hydrogens is 446 g/mol. The molecule has 5 nitrogen and oxygen atoms in total. The Kier molecular flexibility index (Phi) is 7.94. The van der Waals surface area contributed by atoms with Gasteiger partial charge in [0.25, 0.3) is 10.0 Å². The molecule has 0 saturated heterocycles. The number of hydrogen-bond acceptors (Lipinski definition) is 4. The standard InChI is InChI=1S/C25H26ClNO4S/c1-3-20-8-12-22(13-9-20)27(32(29,30)24-16-6-19(2)7-17-24)25(28)5-4-18-31-23-14-10-21(26)11-15-23/h6-17H,3-5,18H2,1-2H3. The maximum atomic E-state index is 13.4. The SMILES string of the molecule is CCc1ccc(N(C(=O)CCCOc2ccc(Cl)cc2)S(=O)(=O)c2ccc(C)cc2)cc1. The van der Waals surface area contributed by atoms with Gasteiger partial charge >= 0.3 is 0 Å². The van der Waals surface area contributed by atoms with E-state index in [1.165, 1.54) is 12.1 Å². The molecule has 3 aromatic carbocycles. The van der Waals surface area contributed by atoms with Crippen molar-refractivity contribution in [3.05, 3.63) is 88.9 Å². The van der Waals surface area contributed by atoms with Gasteiger partial charge in [-0.25, -0.2) is 12.7 Å². The summed E-state index contributed by atoms with van der Waals surface area (Å²) in [6, 6.07) is 20.4. The van der Waals surface area contributed by atoms with Crippen LogP contribution in [-0.4, -0.2) is 20.9 Å². The molecule has 0 saturated carbocycles. The first-order chi connectivity index (χ1) is 15.3. The maximum Gasteiger partial charge on any atom is 0.270 e. The first-order valence-electron chi connectivity index (χ1n) is 10.4. The quantitative estimate of drug-likeness (QED) is 0.370. The highest BCUT2D eigenvalue weighted by atomic mass is 35.5. The van der Waals surface area contributed by atoms with Crippen molar-refractivity contribution >= 4 is 33.2 Å². The molecule has 32 heavy (non-hydrogen) atoms. The van der Waals surface area contributed by atoms with Gasteiger partial charge in [0.15, 0.2) is 0 Å². The minimum absolute atomic E-state index is 0.0220. The number of carbonyl (C=O) groups is 1. The molecule has 0 unspecified atom stereocenters. The van der Waals surface area contributed by atoms with Crippen LogP contribution in [0.15, 0.2) is 77.7 Å². The molecule has 0 atom stereocenters. The number of aryl methyl sites for hydroxylation is 2. The van der Waals surface area contributed by atoms with Crippen molar-refractivity contribution in [1.29, 1.82) is 0 Å². The molecule has 0 heterocycles. The van der Waals surface area contributed by atoms with Gasteiger partial charge in [0.05, 0.1) is 17.2 Å². The van der Waals surface area contributed by atoms with Crippen molar-refractivity contribution in [2.24, 2.45) is 0 Å². The monoisotopic (exact) mass is 471 g/mol. The van der Waals surface area contributed by atoms with Crippen molar-refractivity contribution in [3.8, 4) is 5.75 Å². The van der Waals surface area contributed by atoms with E-state index in [0.29, 0.717) is 22.9 Å². The summed E-state index contributed by atoms with van der Waals surface area (Å²) in [5, 5.41) is 0.610. The van der Waals surface area contributed by atoms with Gasteiger partial charge in [-0.2, -0.15) is 0 Å². The fourth-order valence-electron chi connectivity index (χ4n) is 3.15. The molecule has 3 aromatic rings. The topological polar surface area (TPSA) is 63.7 Å². The molecule has 3 rings (SSSR count). The first-order valence-corrected chi connectivity index (χ1v) is 12.2. The summed E-state index contributed by atoms with van der Waals surface area (Å²) in [5.74, 6) is 0.135. The molecule has 0 bridgehead atoms. The van der Waals surface area contributed by atoms with E-state index in [9.17, 15) is 13.2 Å². The van der Waals surface area contributed by atoms with E-state index in [1.54, 1.807) is 48.5 Å².